The summed E-state index contributed by atoms with van der Waals surface area (Å²) in [7, 11) is 4.64. The summed E-state index contributed by atoms with van der Waals surface area (Å²) in [4.78, 5) is 8.56. The number of carbonyl (C=O) groups is 1. The SMILES string of the molecule is O=C(O)O.[Li][Cl].[NaH]. The van der Waals surface area contributed by atoms with Gasteiger partial charge in [-0.25, -0.2) is 4.79 Å². The number of hydrogen-bond acceptors (Lipinski definition) is 1. The molecule has 3 nitrogen and oxygen atoms in total. The van der Waals surface area contributed by atoms with Crippen LogP contribution in [0.25, 0.3) is 0 Å². The maximum atomic E-state index is 8.56. The zero-order chi connectivity index (χ0) is 5.58. The van der Waals surface area contributed by atoms with E-state index in [-0.39, 0.29) is 29.6 Å². The van der Waals surface area contributed by atoms with Crippen molar-refractivity contribution in [3.63, 3.8) is 0 Å². The molecule has 7 heavy (non-hydrogen) atoms. The molecule has 0 radical (unpaired) electrons. The molecular weight excluding hydrogens is 125 g/mol. The molecular formula is CH3ClLiNaO3. The molecule has 0 unspecified atom stereocenters. The first-order valence-electron chi connectivity index (χ1n) is 1.03. The molecule has 0 saturated heterocycles. The van der Waals surface area contributed by atoms with Crippen molar-refractivity contribution in [3.8, 4) is 0 Å². The van der Waals surface area contributed by atoms with Gasteiger partial charge < -0.3 is 10.2 Å². The van der Waals surface area contributed by atoms with Crippen molar-refractivity contribution in [2.24, 2.45) is 0 Å². The Hall–Kier alpha value is 1.16. The Morgan fingerprint density at radius 3 is 1.43 bits per heavy atom. The summed E-state index contributed by atoms with van der Waals surface area (Å²) >= 11 is 1.47. The minimum atomic E-state index is -1.83. The molecule has 0 aromatic heterocycles. The van der Waals surface area contributed by atoms with Crippen LogP contribution in [0.2, 0.25) is 0 Å². The second-order valence-electron chi connectivity index (χ2n) is 0.283. The van der Waals surface area contributed by atoms with E-state index < -0.39 is 6.16 Å². The molecule has 0 saturated carbocycles. The van der Waals surface area contributed by atoms with Gasteiger partial charge in [0.15, 0.2) is 0 Å². The van der Waals surface area contributed by atoms with Gasteiger partial charge in [-0.15, -0.1) is 0 Å². The first kappa shape index (κ1) is 15.7. The van der Waals surface area contributed by atoms with Crippen LogP contribution in [-0.2, 0) is 0 Å². The van der Waals surface area contributed by atoms with Gasteiger partial charge in [-0.05, 0) is 0 Å². The maximum absolute atomic E-state index is 8.56. The van der Waals surface area contributed by atoms with E-state index in [2.05, 4.69) is 9.80 Å². The molecule has 0 aromatic rings. The Morgan fingerprint density at radius 2 is 1.43 bits per heavy atom. The van der Waals surface area contributed by atoms with Crippen LogP contribution in [0.15, 0.2) is 0 Å². The fraction of sp³-hybridized carbons (Fsp3) is 0. The normalized spacial score (nSPS) is 4.43. The van der Waals surface area contributed by atoms with Gasteiger partial charge in [0.2, 0.25) is 0 Å². The fourth-order valence-corrected chi connectivity index (χ4v) is 0. The van der Waals surface area contributed by atoms with Crippen molar-refractivity contribution >= 4 is 62.3 Å². The minimum absolute atomic E-state index is 0. The monoisotopic (exact) mass is 128 g/mol. The van der Waals surface area contributed by atoms with Crippen molar-refractivity contribution in [2.75, 3.05) is 0 Å². The Bertz CT molecular complexity index is 37.9. The van der Waals surface area contributed by atoms with Gasteiger partial charge in [0, 0.05) is 0 Å². The van der Waals surface area contributed by atoms with Crippen molar-refractivity contribution in [3.05, 3.63) is 0 Å². The molecule has 0 aliphatic rings. The Morgan fingerprint density at radius 1 is 1.43 bits per heavy atom. The molecule has 0 atom stereocenters. The first-order valence-corrected chi connectivity index (χ1v) is 1.79. The fourth-order valence-electron chi connectivity index (χ4n) is 0. The summed E-state index contributed by atoms with van der Waals surface area (Å²) in [6.07, 6.45) is -1.83. The topological polar surface area (TPSA) is 57.5 Å². The van der Waals surface area contributed by atoms with Gasteiger partial charge in [-0.3, -0.25) is 0 Å². The molecule has 0 bridgehead atoms. The van der Waals surface area contributed by atoms with Gasteiger partial charge in [-0.2, -0.15) is 0 Å². The van der Waals surface area contributed by atoms with Crippen molar-refractivity contribution in [1.29, 1.82) is 0 Å². The molecule has 0 spiro atoms. The summed E-state index contributed by atoms with van der Waals surface area (Å²) < 4.78 is 0. The summed E-state index contributed by atoms with van der Waals surface area (Å²) in [5.74, 6) is 0. The van der Waals surface area contributed by atoms with Gasteiger partial charge >= 0.3 is 62.3 Å². The summed E-state index contributed by atoms with van der Waals surface area (Å²) in [6, 6.07) is 0. The Kier molecular flexibility index (Phi) is 35.2. The molecule has 0 aliphatic heterocycles. The molecule has 0 aromatic carbocycles. The Labute approximate surface area is 76.6 Å². The third kappa shape index (κ3) is 142. The summed E-state index contributed by atoms with van der Waals surface area (Å²) in [5.41, 5.74) is 0. The van der Waals surface area contributed by atoms with Gasteiger partial charge in [-0.1, -0.05) is 0 Å². The predicted molar refractivity (Wildman–Crippen MR) is 29.4 cm³/mol. The van der Waals surface area contributed by atoms with Crippen LogP contribution in [0.1, 0.15) is 0 Å². The summed E-state index contributed by atoms with van der Waals surface area (Å²) in [5, 5.41) is 13.9. The molecule has 2 N–H and O–H groups in total. The van der Waals surface area contributed by atoms with E-state index in [1.807, 2.05) is 0 Å². The number of halogens is 1. The van der Waals surface area contributed by atoms with E-state index >= 15 is 0 Å². The molecule has 0 rings (SSSR count). The molecule has 6 heteroatoms. The van der Waals surface area contributed by atoms with Gasteiger partial charge in [0.25, 0.3) is 0 Å². The van der Waals surface area contributed by atoms with E-state index in [1.165, 1.54) is 16.7 Å². The van der Waals surface area contributed by atoms with Crippen LogP contribution in [-0.4, -0.2) is 62.7 Å². The van der Waals surface area contributed by atoms with E-state index in [4.69, 9.17) is 15.0 Å². The van der Waals surface area contributed by atoms with Crippen LogP contribution >= 0.6 is 9.80 Å². The van der Waals surface area contributed by atoms with Crippen molar-refractivity contribution in [1.82, 2.24) is 0 Å². The number of carboxylic acid groups (broad SMARTS) is 2. The van der Waals surface area contributed by atoms with E-state index in [0.717, 1.165) is 0 Å². The average molecular weight is 128 g/mol. The third-order valence-corrected chi connectivity index (χ3v) is 0. The molecule has 0 heterocycles. The number of rotatable bonds is 0. The molecule has 0 fully saturated rings. The van der Waals surface area contributed by atoms with Crippen LogP contribution in [0, 0.1) is 0 Å². The van der Waals surface area contributed by atoms with E-state index in [0.29, 0.717) is 0 Å². The van der Waals surface area contributed by atoms with Gasteiger partial charge in [0.1, 0.15) is 0 Å². The molecule has 0 amide bonds. The quantitative estimate of drug-likeness (QED) is 0.447. The zero-order valence-electron chi connectivity index (χ0n) is 3.18. The Balaban J connectivity index is -0.0000000480. The molecule has 34 valence electrons. The number of hydrogen-bond donors (Lipinski definition) is 2. The molecule has 0 aliphatic carbocycles. The second-order valence-corrected chi connectivity index (χ2v) is 0.283. The van der Waals surface area contributed by atoms with Crippen LogP contribution in [0.5, 0.6) is 0 Å². The van der Waals surface area contributed by atoms with Crippen molar-refractivity contribution < 1.29 is 15.0 Å². The second kappa shape index (κ2) is 15.7. The van der Waals surface area contributed by atoms with Crippen molar-refractivity contribution in [2.45, 2.75) is 0 Å². The third-order valence-electron chi connectivity index (χ3n) is 0. The van der Waals surface area contributed by atoms with Gasteiger partial charge in [0.05, 0.1) is 0 Å². The standard InChI is InChI=1S/CH2O3.ClH.Li.Na.H/c2-1(3)4;;;;/h(H2,2,3,4);1H;;;/q;;+1;;/p-1. The van der Waals surface area contributed by atoms with Crippen LogP contribution < -0.4 is 0 Å². The zero-order valence-corrected chi connectivity index (χ0v) is 3.94. The van der Waals surface area contributed by atoms with E-state index in [1.54, 1.807) is 0 Å². The summed E-state index contributed by atoms with van der Waals surface area (Å²) in [6.45, 7) is 0. The van der Waals surface area contributed by atoms with Crippen LogP contribution in [0.3, 0.4) is 0 Å². The average Bonchev–Trinajstić information content (AvgIpc) is 1.41. The van der Waals surface area contributed by atoms with E-state index in [9.17, 15) is 0 Å². The predicted octanol–water partition coefficient (Wildman–Crippen LogP) is -0.117. The van der Waals surface area contributed by atoms with Crippen LogP contribution in [0.4, 0.5) is 4.79 Å². The first-order chi connectivity index (χ1) is 2.73.